The maximum Gasteiger partial charge on any atom is 0.0699 e. The summed E-state index contributed by atoms with van der Waals surface area (Å²) in [5.74, 6) is 1.96. The predicted molar refractivity (Wildman–Crippen MR) is 94.3 cm³/mol. The van der Waals surface area contributed by atoms with Crippen LogP contribution < -0.4 is 5.73 Å². The SMILES string of the molecule is CC12CCC(O)CC1=CCC1C2CCC2(C)C(N)C(O)CC12.Cl. The number of aliphatic hydroxyl groups is 2. The molecule has 0 aromatic carbocycles. The molecule has 4 aliphatic rings. The monoisotopic (exact) mass is 341 g/mol. The van der Waals surface area contributed by atoms with Gasteiger partial charge in [0, 0.05) is 6.04 Å². The third-order valence-corrected chi connectivity index (χ3v) is 8.19. The van der Waals surface area contributed by atoms with Gasteiger partial charge in [0.25, 0.3) is 0 Å². The molecular formula is C19H32ClNO2. The van der Waals surface area contributed by atoms with E-state index in [-0.39, 0.29) is 41.5 Å². The first-order chi connectivity index (χ1) is 10.4. The number of halogens is 1. The molecule has 0 saturated heterocycles. The molecule has 0 aliphatic heterocycles. The lowest BCUT2D eigenvalue weighted by Gasteiger charge is -2.57. The first kappa shape index (κ1) is 17.7. The minimum absolute atomic E-state index is 0. The molecule has 3 nitrogen and oxygen atoms in total. The second-order valence-electron chi connectivity index (χ2n) is 9.03. The molecule has 8 atom stereocenters. The Morgan fingerprint density at radius 3 is 2.61 bits per heavy atom. The molecule has 3 saturated carbocycles. The van der Waals surface area contributed by atoms with Gasteiger partial charge in [-0.2, -0.15) is 0 Å². The van der Waals surface area contributed by atoms with Crippen molar-refractivity contribution in [1.82, 2.24) is 0 Å². The van der Waals surface area contributed by atoms with Gasteiger partial charge in [-0.25, -0.2) is 0 Å². The minimum Gasteiger partial charge on any atom is -0.393 e. The van der Waals surface area contributed by atoms with E-state index >= 15 is 0 Å². The van der Waals surface area contributed by atoms with Gasteiger partial charge < -0.3 is 15.9 Å². The molecule has 3 fully saturated rings. The van der Waals surface area contributed by atoms with Crippen LogP contribution in [0.1, 0.15) is 58.8 Å². The highest BCUT2D eigenvalue weighted by atomic mass is 35.5. The van der Waals surface area contributed by atoms with Gasteiger partial charge in [0.15, 0.2) is 0 Å². The van der Waals surface area contributed by atoms with E-state index < -0.39 is 0 Å². The van der Waals surface area contributed by atoms with Gasteiger partial charge in [0.1, 0.15) is 0 Å². The van der Waals surface area contributed by atoms with Crippen molar-refractivity contribution in [3.8, 4) is 0 Å². The highest BCUT2D eigenvalue weighted by Crippen LogP contribution is 2.64. The van der Waals surface area contributed by atoms with E-state index in [1.54, 1.807) is 0 Å². The third kappa shape index (κ3) is 2.34. The van der Waals surface area contributed by atoms with E-state index in [9.17, 15) is 10.2 Å². The Balaban J connectivity index is 0.00000156. The van der Waals surface area contributed by atoms with Crippen LogP contribution in [0.25, 0.3) is 0 Å². The van der Waals surface area contributed by atoms with Crippen LogP contribution >= 0.6 is 12.4 Å². The molecule has 0 spiro atoms. The summed E-state index contributed by atoms with van der Waals surface area (Å²) < 4.78 is 0. The van der Waals surface area contributed by atoms with Crippen molar-refractivity contribution in [3.63, 3.8) is 0 Å². The van der Waals surface area contributed by atoms with Crippen molar-refractivity contribution in [2.75, 3.05) is 0 Å². The number of hydrogen-bond acceptors (Lipinski definition) is 3. The number of allylic oxidation sites excluding steroid dienone is 1. The van der Waals surface area contributed by atoms with Gasteiger partial charge >= 0.3 is 0 Å². The fraction of sp³-hybridized carbons (Fsp3) is 0.895. The van der Waals surface area contributed by atoms with Gasteiger partial charge in [0.05, 0.1) is 12.2 Å². The lowest BCUT2D eigenvalue weighted by atomic mass is 9.48. The normalized spacial score (nSPS) is 55.1. The predicted octanol–water partition coefficient (Wildman–Crippen LogP) is 3.03. The van der Waals surface area contributed by atoms with Crippen LogP contribution in [-0.2, 0) is 0 Å². The highest BCUT2D eigenvalue weighted by molar-refractivity contribution is 5.85. The van der Waals surface area contributed by atoms with Crippen LogP contribution in [0.2, 0.25) is 0 Å². The Kier molecular flexibility index (Phi) is 4.41. The van der Waals surface area contributed by atoms with Crippen molar-refractivity contribution in [2.45, 2.75) is 77.0 Å². The van der Waals surface area contributed by atoms with Gasteiger partial charge in [-0.05, 0) is 73.5 Å². The Morgan fingerprint density at radius 2 is 1.87 bits per heavy atom. The maximum atomic E-state index is 10.3. The van der Waals surface area contributed by atoms with Crippen molar-refractivity contribution in [2.24, 2.45) is 34.3 Å². The zero-order valence-corrected chi connectivity index (χ0v) is 15.2. The molecule has 8 unspecified atom stereocenters. The standard InChI is InChI=1S/C19H31NO2.ClH/c1-18-7-5-12(21)9-11(18)3-4-13-14(18)6-8-19(2)15(13)10-16(22)17(19)20;/h3,12-17,21-22H,4-10,20H2,1-2H3;1H. The molecule has 132 valence electrons. The summed E-state index contributed by atoms with van der Waals surface area (Å²) in [5.41, 5.74) is 8.29. The van der Waals surface area contributed by atoms with E-state index in [0.29, 0.717) is 11.8 Å². The average Bonchev–Trinajstić information content (AvgIpc) is 2.72. The zero-order chi connectivity index (χ0) is 15.7. The summed E-state index contributed by atoms with van der Waals surface area (Å²) in [5, 5.41) is 20.4. The topological polar surface area (TPSA) is 66.5 Å². The molecule has 0 radical (unpaired) electrons. The van der Waals surface area contributed by atoms with Gasteiger partial charge in [-0.3, -0.25) is 0 Å². The highest BCUT2D eigenvalue weighted by Gasteiger charge is 2.60. The number of hydrogen-bond donors (Lipinski definition) is 3. The quantitative estimate of drug-likeness (QED) is 0.593. The van der Waals surface area contributed by atoms with Gasteiger partial charge in [-0.1, -0.05) is 25.5 Å². The number of nitrogens with two attached hydrogens (primary N) is 1. The number of rotatable bonds is 0. The fourth-order valence-corrected chi connectivity index (χ4v) is 6.69. The van der Waals surface area contributed by atoms with Crippen molar-refractivity contribution < 1.29 is 10.2 Å². The molecule has 4 rings (SSSR count). The first-order valence-corrected chi connectivity index (χ1v) is 9.17. The molecule has 0 aromatic heterocycles. The molecule has 0 heterocycles. The molecule has 4 heteroatoms. The third-order valence-electron chi connectivity index (χ3n) is 8.19. The minimum atomic E-state index is -0.319. The summed E-state index contributed by atoms with van der Waals surface area (Å²) in [6.07, 6.45) is 9.34. The maximum absolute atomic E-state index is 10.3. The van der Waals surface area contributed by atoms with Gasteiger partial charge in [0.2, 0.25) is 0 Å². The first-order valence-electron chi connectivity index (χ1n) is 9.17. The van der Waals surface area contributed by atoms with E-state index in [0.717, 1.165) is 44.4 Å². The summed E-state index contributed by atoms with van der Waals surface area (Å²) in [4.78, 5) is 0. The lowest BCUT2D eigenvalue weighted by Crippen LogP contribution is -2.53. The van der Waals surface area contributed by atoms with Gasteiger partial charge in [-0.15, -0.1) is 12.4 Å². The molecule has 4 N–H and O–H groups in total. The smallest absolute Gasteiger partial charge is 0.0699 e. The summed E-state index contributed by atoms with van der Waals surface area (Å²) >= 11 is 0. The number of aliphatic hydroxyl groups excluding tert-OH is 2. The zero-order valence-electron chi connectivity index (χ0n) is 14.4. The Labute approximate surface area is 146 Å². The second-order valence-corrected chi connectivity index (χ2v) is 9.03. The molecule has 4 aliphatic carbocycles. The molecule has 0 amide bonds. The van der Waals surface area contributed by atoms with Crippen molar-refractivity contribution >= 4 is 12.4 Å². The Morgan fingerprint density at radius 1 is 1.13 bits per heavy atom. The second kappa shape index (κ2) is 5.72. The summed E-state index contributed by atoms with van der Waals surface area (Å²) in [7, 11) is 0. The van der Waals surface area contributed by atoms with E-state index in [4.69, 9.17) is 5.73 Å². The molecule has 0 bridgehead atoms. The largest absolute Gasteiger partial charge is 0.393 e. The van der Waals surface area contributed by atoms with E-state index in [1.807, 2.05) is 0 Å². The van der Waals surface area contributed by atoms with Crippen LogP contribution in [0.15, 0.2) is 11.6 Å². The fourth-order valence-electron chi connectivity index (χ4n) is 6.69. The summed E-state index contributed by atoms with van der Waals surface area (Å²) in [6, 6.07) is -0.0511. The average molecular weight is 342 g/mol. The van der Waals surface area contributed by atoms with Crippen molar-refractivity contribution in [3.05, 3.63) is 11.6 Å². The van der Waals surface area contributed by atoms with Crippen LogP contribution in [0, 0.1) is 28.6 Å². The van der Waals surface area contributed by atoms with E-state index in [1.165, 1.54) is 12.0 Å². The van der Waals surface area contributed by atoms with E-state index in [2.05, 4.69) is 19.9 Å². The van der Waals surface area contributed by atoms with Crippen LogP contribution in [0.3, 0.4) is 0 Å². The lowest BCUT2D eigenvalue weighted by molar-refractivity contribution is -0.0403. The summed E-state index contributed by atoms with van der Waals surface area (Å²) in [6.45, 7) is 4.76. The number of fused-ring (bicyclic) bond motifs is 5. The van der Waals surface area contributed by atoms with Crippen LogP contribution in [0.4, 0.5) is 0 Å². The Bertz CT molecular complexity index is 510. The van der Waals surface area contributed by atoms with Crippen LogP contribution in [-0.4, -0.2) is 28.5 Å². The molecule has 0 aromatic rings. The van der Waals surface area contributed by atoms with Crippen LogP contribution in [0.5, 0.6) is 0 Å². The molecular weight excluding hydrogens is 310 g/mol. The molecule has 23 heavy (non-hydrogen) atoms. The Hall–Kier alpha value is -0.0900. The van der Waals surface area contributed by atoms with Crippen molar-refractivity contribution in [1.29, 1.82) is 0 Å².